The Bertz CT molecular complexity index is 367. The molecule has 1 aromatic rings. The molecule has 1 N–H and O–H groups in total. The van der Waals surface area contributed by atoms with Gasteiger partial charge in [-0.05, 0) is 37.8 Å². The largest absolute Gasteiger partial charge is 0.316 e. The lowest BCUT2D eigenvalue weighted by atomic mass is 9.92. The molecule has 4 heteroatoms. The van der Waals surface area contributed by atoms with Crippen molar-refractivity contribution in [2.45, 2.75) is 39.0 Å². The van der Waals surface area contributed by atoms with E-state index in [1.807, 2.05) is 11.7 Å². The van der Waals surface area contributed by atoms with Crippen LogP contribution in [0.3, 0.4) is 0 Å². The second-order valence-electron chi connectivity index (χ2n) is 5.85. The predicted octanol–water partition coefficient (Wildman–Crippen LogP) is 3.20. The molecule has 0 bridgehead atoms. The first kappa shape index (κ1) is 13.9. The van der Waals surface area contributed by atoms with Crippen molar-refractivity contribution >= 4 is 11.6 Å². The van der Waals surface area contributed by atoms with E-state index in [4.69, 9.17) is 11.6 Å². The Labute approximate surface area is 115 Å². The fraction of sp³-hybridized carbons (Fsp3) is 0.786. The minimum Gasteiger partial charge on any atom is -0.316 e. The van der Waals surface area contributed by atoms with E-state index in [1.54, 1.807) is 6.20 Å². The Hall–Kier alpha value is -0.540. The van der Waals surface area contributed by atoms with E-state index in [2.05, 4.69) is 24.3 Å². The van der Waals surface area contributed by atoms with Gasteiger partial charge in [-0.25, -0.2) is 0 Å². The topological polar surface area (TPSA) is 29.9 Å². The zero-order valence-corrected chi connectivity index (χ0v) is 12.4. The van der Waals surface area contributed by atoms with Crippen molar-refractivity contribution in [3.05, 3.63) is 16.9 Å². The van der Waals surface area contributed by atoms with E-state index in [0.717, 1.165) is 18.1 Å². The Balaban J connectivity index is 1.99. The van der Waals surface area contributed by atoms with Gasteiger partial charge in [0, 0.05) is 13.0 Å². The molecule has 1 fully saturated rings. The molecule has 2 unspecified atom stereocenters. The van der Waals surface area contributed by atoms with Crippen LogP contribution in [0.4, 0.5) is 0 Å². The maximum Gasteiger partial charge on any atom is 0.0820 e. The van der Waals surface area contributed by atoms with Gasteiger partial charge in [0.05, 0.1) is 16.9 Å². The fourth-order valence-electron chi connectivity index (χ4n) is 3.04. The molecule has 2 rings (SSSR count). The van der Waals surface area contributed by atoms with Crippen molar-refractivity contribution in [1.82, 2.24) is 15.1 Å². The molecule has 1 aliphatic carbocycles. The summed E-state index contributed by atoms with van der Waals surface area (Å²) in [5.41, 5.74) is 1.23. The van der Waals surface area contributed by atoms with E-state index < -0.39 is 0 Å². The van der Waals surface area contributed by atoms with Crippen LogP contribution in [-0.2, 0) is 7.05 Å². The molecule has 18 heavy (non-hydrogen) atoms. The second kappa shape index (κ2) is 6.07. The highest BCUT2D eigenvalue weighted by molar-refractivity contribution is 6.31. The van der Waals surface area contributed by atoms with Crippen LogP contribution in [0.5, 0.6) is 0 Å². The van der Waals surface area contributed by atoms with Crippen molar-refractivity contribution in [1.29, 1.82) is 0 Å². The van der Waals surface area contributed by atoms with E-state index >= 15 is 0 Å². The summed E-state index contributed by atoms with van der Waals surface area (Å²) >= 11 is 6.27. The van der Waals surface area contributed by atoms with Crippen LogP contribution < -0.4 is 5.32 Å². The van der Waals surface area contributed by atoms with Crippen molar-refractivity contribution in [3.8, 4) is 0 Å². The standard InChI is InChI=1S/C14H24ClN3/c1-10(2)7-16-8-11-5-4-6-12(11)14-13(15)9-17-18(14)3/h9-12,16H,4-8H2,1-3H3. The maximum absolute atomic E-state index is 6.27. The van der Waals surface area contributed by atoms with Crippen LogP contribution in [0, 0.1) is 11.8 Å². The van der Waals surface area contributed by atoms with E-state index in [9.17, 15) is 0 Å². The lowest BCUT2D eigenvalue weighted by Crippen LogP contribution is -2.28. The Morgan fingerprint density at radius 3 is 2.89 bits per heavy atom. The minimum atomic E-state index is 0.574. The molecular formula is C14H24ClN3. The lowest BCUT2D eigenvalue weighted by molar-refractivity contribution is 0.412. The van der Waals surface area contributed by atoms with Crippen molar-refractivity contribution < 1.29 is 0 Å². The van der Waals surface area contributed by atoms with Gasteiger partial charge in [0.1, 0.15) is 0 Å². The first-order chi connectivity index (χ1) is 8.59. The average Bonchev–Trinajstić information content (AvgIpc) is 2.86. The highest BCUT2D eigenvalue weighted by atomic mass is 35.5. The van der Waals surface area contributed by atoms with Gasteiger partial charge in [0.2, 0.25) is 0 Å². The highest BCUT2D eigenvalue weighted by Crippen LogP contribution is 2.41. The Morgan fingerprint density at radius 1 is 1.50 bits per heavy atom. The van der Waals surface area contributed by atoms with Gasteiger partial charge in [-0.15, -0.1) is 0 Å². The molecule has 3 nitrogen and oxygen atoms in total. The smallest absolute Gasteiger partial charge is 0.0820 e. The zero-order chi connectivity index (χ0) is 13.1. The monoisotopic (exact) mass is 269 g/mol. The van der Waals surface area contributed by atoms with Crippen molar-refractivity contribution in [2.75, 3.05) is 13.1 Å². The molecule has 1 aliphatic rings. The van der Waals surface area contributed by atoms with Crippen LogP contribution in [0.2, 0.25) is 5.02 Å². The number of rotatable bonds is 5. The first-order valence-corrected chi connectivity index (χ1v) is 7.35. The van der Waals surface area contributed by atoms with Gasteiger partial charge in [-0.1, -0.05) is 31.9 Å². The lowest BCUT2D eigenvalue weighted by Gasteiger charge is -2.21. The van der Waals surface area contributed by atoms with Crippen LogP contribution in [0.15, 0.2) is 6.20 Å². The minimum absolute atomic E-state index is 0.574. The number of aryl methyl sites for hydroxylation is 1. The summed E-state index contributed by atoms with van der Waals surface area (Å²) in [7, 11) is 2.00. The highest BCUT2D eigenvalue weighted by Gasteiger charge is 2.31. The number of halogens is 1. The van der Waals surface area contributed by atoms with Gasteiger partial charge >= 0.3 is 0 Å². The number of hydrogen-bond acceptors (Lipinski definition) is 2. The zero-order valence-electron chi connectivity index (χ0n) is 11.6. The van der Waals surface area contributed by atoms with Crippen molar-refractivity contribution in [2.24, 2.45) is 18.9 Å². The summed E-state index contributed by atoms with van der Waals surface area (Å²) in [6.07, 6.45) is 5.62. The molecule has 2 atom stereocenters. The van der Waals surface area contributed by atoms with Crippen LogP contribution in [0.1, 0.15) is 44.7 Å². The van der Waals surface area contributed by atoms with E-state index in [-0.39, 0.29) is 0 Å². The molecule has 1 aromatic heterocycles. The maximum atomic E-state index is 6.27. The quantitative estimate of drug-likeness (QED) is 0.890. The van der Waals surface area contributed by atoms with Gasteiger partial charge in [0.15, 0.2) is 0 Å². The molecule has 0 spiro atoms. The Morgan fingerprint density at radius 2 is 2.28 bits per heavy atom. The molecule has 0 radical (unpaired) electrons. The molecule has 102 valence electrons. The first-order valence-electron chi connectivity index (χ1n) is 6.97. The summed E-state index contributed by atoms with van der Waals surface area (Å²) in [5.74, 6) is 1.99. The van der Waals surface area contributed by atoms with Gasteiger partial charge in [0.25, 0.3) is 0 Å². The van der Waals surface area contributed by atoms with Gasteiger partial charge in [-0.2, -0.15) is 5.10 Å². The van der Waals surface area contributed by atoms with Crippen molar-refractivity contribution in [3.63, 3.8) is 0 Å². The molecule has 0 saturated heterocycles. The molecule has 0 amide bonds. The van der Waals surface area contributed by atoms with Crippen LogP contribution >= 0.6 is 11.6 Å². The SMILES string of the molecule is CC(C)CNCC1CCCC1c1c(Cl)cnn1C. The molecular weight excluding hydrogens is 246 g/mol. The fourth-order valence-corrected chi connectivity index (χ4v) is 3.34. The van der Waals surface area contributed by atoms with E-state index in [1.165, 1.54) is 25.0 Å². The second-order valence-corrected chi connectivity index (χ2v) is 6.26. The summed E-state index contributed by atoms with van der Waals surface area (Å²) in [5, 5.41) is 8.68. The van der Waals surface area contributed by atoms with Gasteiger partial charge < -0.3 is 5.32 Å². The number of nitrogens with zero attached hydrogens (tertiary/aromatic N) is 2. The normalized spacial score (nSPS) is 24.1. The third-order valence-corrected chi connectivity index (χ3v) is 4.20. The summed E-state index contributed by atoms with van der Waals surface area (Å²) in [4.78, 5) is 0. The number of nitrogens with one attached hydrogen (secondary N) is 1. The summed E-state index contributed by atoms with van der Waals surface area (Å²) in [6, 6.07) is 0. The molecule has 1 heterocycles. The van der Waals surface area contributed by atoms with Gasteiger partial charge in [-0.3, -0.25) is 4.68 Å². The summed E-state index contributed by atoms with van der Waals surface area (Å²) < 4.78 is 1.95. The average molecular weight is 270 g/mol. The number of aromatic nitrogens is 2. The third-order valence-electron chi connectivity index (χ3n) is 3.91. The molecule has 0 aromatic carbocycles. The molecule has 0 aliphatic heterocycles. The van der Waals surface area contributed by atoms with E-state index in [0.29, 0.717) is 17.8 Å². The third kappa shape index (κ3) is 3.07. The van der Waals surface area contributed by atoms with Crippen LogP contribution in [0.25, 0.3) is 0 Å². The molecule has 1 saturated carbocycles. The van der Waals surface area contributed by atoms with Crippen LogP contribution in [-0.4, -0.2) is 22.9 Å². The predicted molar refractivity (Wildman–Crippen MR) is 76.0 cm³/mol. The number of hydrogen-bond donors (Lipinski definition) is 1. The Kier molecular flexibility index (Phi) is 4.68. The summed E-state index contributed by atoms with van der Waals surface area (Å²) in [6.45, 7) is 6.70.